The zero-order valence-corrected chi connectivity index (χ0v) is 22.2. The number of para-hydroxylation sites is 3. The van der Waals surface area contributed by atoms with Crippen molar-refractivity contribution in [1.82, 2.24) is 9.55 Å². The first-order chi connectivity index (χ1) is 20.3. The second-order valence-electron chi connectivity index (χ2n) is 10.2. The monoisotopic (exact) mass is 527 g/mol. The van der Waals surface area contributed by atoms with E-state index in [1.165, 1.54) is 21.9 Å². The maximum atomic E-state index is 6.10. The molecule has 0 amide bonds. The summed E-state index contributed by atoms with van der Waals surface area (Å²) in [5.74, 6) is 1.31. The molecule has 4 heteroatoms. The predicted molar refractivity (Wildman–Crippen MR) is 169 cm³/mol. The highest BCUT2D eigenvalue weighted by atomic mass is 16.5. The molecule has 5 aromatic carbocycles. The smallest absolute Gasteiger partial charge is 0.219 e. The van der Waals surface area contributed by atoms with Gasteiger partial charge in [0.25, 0.3) is 0 Å². The van der Waals surface area contributed by atoms with Gasteiger partial charge in [0.2, 0.25) is 5.88 Å². The molecule has 0 unspecified atom stereocenters. The average Bonchev–Trinajstić information content (AvgIpc) is 3.22. The standard InChI is InChI=1S/C37H25N3O/c1-3-15-33-25(9-1)18-19-26-10-7-14-30(37(26)39-33)27-20-21-32-31-13-2-4-16-34(31)40(35(32)23-27)28-11-8-12-29(24-28)41-36-17-5-6-22-38-36/h1-24,39H. The third-order valence-corrected chi connectivity index (χ3v) is 7.68. The summed E-state index contributed by atoms with van der Waals surface area (Å²) in [5, 5.41) is 6.15. The molecule has 0 aliphatic carbocycles. The fourth-order valence-electron chi connectivity index (χ4n) is 5.79. The number of hydrogen-bond acceptors (Lipinski definition) is 3. The van der Waals surface area contributed by atoms with E-state index >= 15 is 0 Å². The van der Waals surface area contributed by atoms with Crippen LogP contribution in [0.3, 0.4) is 0 Å². The van der Waals surface area contributed by atoms with Crippen molar-refractivity contribution in [3.8, 4) is 28.4 Å². The van der Waals surface area contributed by atoms with Crippen LogP contribution in [0.15, 0.2) is 134 Å². The van der Waals surface area contributed by atoms with Gasteiger partial charge in [-0.05, 0) is 53.1 Å². The highest BCUT2D eigenvalue weighted by Gasteiger charge is 2.17. The fraction of sp³-hybridized carbons (Fsp3) is 0. The lowest BCUT2D eigenvalue weighted by Crippen LogP contribution is -1.97. The minimum atomic E-state index is 0.571. The van der Waals surface area contributed by atoms with Gasteiger partial charge in [0.1, 0.15) is 5.75 Å². The zero-order valence-electron chi connectivity index (χ0n) is 22.2. The maximum Gasteiger partial charge on any atom is 0.219 e. The van der Waals surface area contributed by atoms with Gasteiger partial charge in [0.05, 0.1) is 16.7 Å². The van der Waals surface area contributed by atoms with Crippen LogP contribution in [0.1, 0.15) is 11.1 Å². The summed E-state index contributed by atoms with van der Waals surface area (Å²) in [5.41, 5.74) is 10.2. The van der Waals surface area contributed by atoms with Gasteiger partial charge in [-0.2, -0.15) is 0 Å². The van der Waals surface area contributed by atoms with E-state index in [1.807, 2.05) is 30.3 Å². The number of rotatable bonds is 4. The summed E-state index contributed by atoms with van der Waals surface area (Å²) < 4.78 is 8.42. The summed E-state index contributed by atoms with van der Waals surface area (Å²) in [6, 6.07) is 44.1. The SMILES string of the molecule is C1=Cc2cccc(-c3ccc4c5ccccc5n(-c5cccc(Oc6ccccn6)c5)c4c3)c2Nc2ccccc21. The molecule has 7 aromatic rings. The summed E-state index contributed by atoms with van der Waals surface area (Å²) in [7, 11) is 0. The van der Waals surface area contributed by atoms with Crippen molar-refractivity contribution in [2.45, 2.75) is 0 Å². The van der Waals surface area contributed by atoms with Gasteiger partial charge in [-0.1, -0.05) is 91.0 Å². The number of ether oxygens (including phenoxy) is 1. The van der Waals surface area contributed by atoms with Crippen LogP contribution in [0.5, 0.6) is 11.6 Å². The second-order valence-corrected chi connectivity index (χ2v) is 10.2. The summed E-state index contributed by atoms with van der Waals surface area (Å²) in [6.45, 7) is 0. The number of fused-ring (bicyclic) bond motifs is 5. The van der Waals surface area contributed by atoms with Crippen LogP contribution in [-0.4, -0.2) is 9.55 Å². The van der Waals surface area contributed by atoms with Crippen molar-refractivity contribution in [3.05, 3.63) is 145 Å². The Bertz CT molecular complexity index is 2110. The summed E-state index contributed by atoms with van der Waals surface area (Å²) >= 11 is 0. The van der Waals surface area contributed by atoms with E-state index in [2.05, 4.69) is 124 Å². The summed E-state index contributed by atoms with van der Waals surface area (Å²) in [6.07, 6.45) is 6.11. The molecule has 1 aliphatic heterocycles. The largest absolute Gasteiger partial charge is 0.439 e. The first-order valence-electron chi connectivity index (χ1n) is 13.7. The zero-order chi connectivity index (χ0) is 27.2. The lowest BCUT2D eigenvalue weighted by molar-refractivity contribution is 0.463. The van der Waals surface area contributed by atoms with Crippen LogP contribution in [0.25, 0.3) is 50.8 Å². The van der Waals surface area contributed by atoms with Crippen LogP contribution in [0.2, 0.25) is 0 Å². The Balaban J connectivity index is 1.30. The van der Waals surface area contributed by atoms with E-state index < -0.39 is 0 Å². The van der Waals surface area contributed by atoms with Crippen LogP contribution in [-0.2, 0) is 0 Å². The van der Waals surface area contributed by atoms with Crippen molar-refractivity contribution < 1.29 is 4.74 Å². The number of pyridine rings is 1. The topological polar surface area (TPSA) is 39.1 Å². The number of nitrogens with zero attached hydrogens (tertiary/aromatic N) is 2. The molecule has 0 fully saturated rings. The van der Waals surface area contributed by atoms with Gasteiger partial charge in [-0.25, -0.2) is 4.98 Å². The molecular weight excluding hydrogens is 502 g/mol. The van der Waals surface area contributed by atoms with Gasteiger partial charge in [-0.15, -0.1) is 0 Å². The highest BCUT2D eigenvalue weighted by molar-refractivity contribution is 6.10. The molecule has 0 bridgehead atoms. The molecule has 0 radical (unpaired) electrons. The third kappa shape index (κ3) is 4.05. The van der Waals surface area contributed by atoms with Gasteiger partial charge >= 0.3 is 0 Å². The molecule has 0 atom stereocenters. The fourth-order valence-corrected chi connectivity index (χ4v) is 5.79. The lowest BCUT2D eigenvalue weighted by Gasteiger charge is -2.16. The van der Waals surface area contributed by atoms with E-state index in [-0.39, 0.29) is 0 Å². The van der Waals surface area contributed by atoms with Crippen LogP contribution < -0.4 is 10.1 Å². The first kappa shape index (κ1) is 23.3. The molecule has 2 aromatic heterocycles. The normalized spacial score (nSPS) is 12.0. The number of nitrogens with one attached hydrogen (secondary N) is 1. The molecule has 8 rings (SSSR count). The van der Waals surface area contributed by atoms with Gasteiger partial charge in [0.15, 0.2) is 0 Å². The molecule has 0 saturated heterocycles. The lowest BCUT2D eigenvalue weighted by atomic mass is 9.98. The number of benzene rings is 5. The van der Waals surface area contributed by atoms with E-state index in [9.17, 15) is 0 Å². The molecule has 1 N–H and O–H groups in total. The number of aromatic nitrogens is 2. The van der Waals surface area contributed by atoms with Crippen LogP contribution in [0, 0.1) is 0 Å². The minimum absolute atomic E-state index is 0.571. The number of anilines is 2. The third-order valence-electron chi connectivity index (χ3n) is 7.68. The van der Waals surface area contributed by atoms with Crippen LogP contribution >= 0.6 is 0 Å². The van der Waals surface area contributed by atoms with E-state index in [0.29, 0.717) is 5.88 Å². The Morgan fingerprint density at radius 1 is 0.610 bits per heavy atom. The Kier molecular flexibility index (Phi) is 5.42. The average molecular weight is 528 g/mol. The molecule has 194 valence electrons. The molecule has 41 heavy (non-hydrogen) atoms. The van der Waals surface area contributed by atoms with Gasteiger partial charge in [-0.3, -0.25) is 0 Å². The Morgan fingerprint density at radius 2 is 1.41 bits per heavy atom. The quantitative estimate of drug-likeness (QED) is 0.248. The molecule has 3 heterocycles. The Morgan fingerprint density at radius 3 is 2.37 bits per heavy atom. The first-order valence-corrected chi connectivity index (χ1v) is 13.7. The van der Waals surface area contributed by atoms with E-state index in [1.54, 1.807) is 6.20 Å². The molecule has 0 saturated carbocycles. The molecule has 0 spiro atoms. The van der Waals surface area contributed by atoms with Gasteiger partial charge in [0, 0.05) is 46.0 Å². The van der Waals surface area contributed by atoms with E-state index in [0.717, 1.165) is 45.0 Å². The maximum absolute atomic E-state index is 6.10. The van der Waals surface area contributed by atoms with Crippen molar-refractivity contribution in [2.24, 2.45) is 0 Å². The van der Waals surface area contributed by atoms with Gasteiger partial charge < -0.3 is 14.6 Å². The number of hydrogen-bond donors (Lipinski definition) is 1. The second kappa shape index (κ2) is 9.54. The highest BCUT2D eigenvalue weighted by Crippen LogP contribution is 2.40. The predicted octanol–water partition coefficient (Wildman–Crippen LogP) is 9.87. The van der Waals surface area contributed by atoms with Crippen molar-refractivity contribution in [1.29, 1.82) is 0 Å². The minimum Gasteiger partial charge on any atom is -0.439 e. The molecule has 1 aliphatic rings. The molecule has 4 nitrogen and oxygen atoms in total. The Labute approximate surface area is 237 Å². The van der Waals surface area contributed by atoms with Crippen molar-refractivity contribution in [2.75, 3.05) is 5.32 Å². The van der Waals surface area contributed by atoms with E-state index in [4.69, 9.17) is 4.74 Å². The van der Waals surface area contributed by atoms with Crippen molar-refractivity contribution >= 4 is 45.3 Å². The molecular formula is C37H25N3O. The summed E-state index contributed by atoms with van der Waals surface area (Å²) in [4.78, 5) is 4.33. The van der Waals surface area contributed by atoms with Crippen LogP contribution in [0.4, 0.5) is 11.4 Å². The Hall–Kier alpha value is -5.61. The van der Waals surface area contributed by atoms with Crippen molar-refractivity contribution in [3.63, 3.8) is 0 Å².